The molecular formula is C23H25N5O2S. The summed E-state index contributed by atoms with van der Waals surface area (Å²) in [6, 6.07) is 14.2. The van der Waals surface area contributed by atoms with Gasteiger partial charge in [-0.25, -0.2) is 9.78 Å². The van der Waals surface area contributed by atoms with Gasteiger partial charge < -0.3 is 4.74 Å². The summed E-state index contributed by atoms with van der Waals surface area (Å²) in [4.78, 5) is 16.9. The van der Waals surface area contributed by atoms with Crippen molar-refractivity contribution in [3.05, 3.63) is 75.0 Å². The molecule has 0 saturated heterocycles. The van der Waals surface area contributed by atoms with Crippen LogP contribution in [0, 0.1) is 6.92 Å². The van der Waals surface area contributed by atoms with Crippen LogP contribution in [0.15, 0.2) is 52.6 Å². The third kappa shape index (κ3) is 4.29. The van der Waals surface area contributed by atoms with E-state index >= 15 is 0 Å². The minimum atomic E-state index is -0.304. The predicted molar refractivity (Wildman–Crippen MR) is 122 cm³/mol. The summed E-state index contributed by atoms with van der Waals surface area (Å²) in [6.45, 7) is 8.86. The first-order valence-electron chi connectivity index (χ1n) is 10.0. The van der Waals surface area contributed by atoms with Crippen LogP contribution in [-0.4, -0.2) is 24.8 Å². The quantitative estimate of drug-likeness (QED) is 0.468. The number of aromatic nitrogens is 5. The maximum atomic E-state index is 12.3. The smallest absolute Gasteiger partial charge is 0.368 e. The van der Waals surface area contributed by atoms with E-state index in [2.05, 4.69) is 60.4 Å². The number of hydrogen-bond acceptors (Lipinski definition) is 6. The molecule has 160 valence electrons. The summed E-state index contributed by atoms with van der Waals surface area (Å²) in [7, 11) is 1.57. The molecule has 4 aromatic rings. The molecule has 31 heavy (non-hydrogen) atoms. The van der Waals surface area contributed by atoms with Crippen molar-refractivity contribution in [2.75, 3.05) is 0 Å². The van der Waals surface area contributed by atoms with E-state index in [4.69, 9.17) is 4.74 Å². The third-order valence-electron chi connectivity index (χ3n) is 5.21. The van der Waals surface area contributed by atoms with Gasteiger partial charge in [0.15, 0.2) is 0 Å². The highest BCUT2D eigenvalue weighted by Crippen LogP contribution is 2.30. The van der Waals surface area contributed by atoms with E-state index in [1.165, 1.54) is 26.3 Å². The molecule has 0 fully saturated rings. The van der Waals surface area contributed by atoms with E-state index < -0.39 is 0 Å². The Morgan fingerprint density at radius 2 is 1.81 bits per heavy atom. The van der Waals surface area contributed by atoms with Gasteiger partial charge in [-0.1, -0.05) is 68.5 Å². The molecule has 0 spiro atoms. The van der Waals surface area contributed by atoms with E-state index in [-0.39, 0.29) is 17.7 Å². The fourth-order valence-corrected chi connectivity index (χ4v) is 3.95. The van der Waals surface area contributed by atoms with Crippen LogP contribution in [0.2, 0.25) is 0 Å². The molecule has 8 heteroatoms. The average Bonchev–Trinajstić information content (AvgIpc) is 3.34. The van der Waals surface area contributed by atoms with Gasteiger partial charge in [0.1, 0.15) is 6.61 Å². The molecule has 0 aliphatic heterocycles. The molecule has 4 rings (SSSR count). The molecule has 0 atom stereocenters. The minimum absolute atomic E-state index is 0.116. The highest BCUT2D eigenvalue weighted by Gasteiger charge is 2.16. The molecular weight excluding hydrogens is 410 g/mol. The minimum Gasteiger partial charge on any atom is -0.465 e. The van der Waals surface area contributed by atoms with Gasteiger partial charge in [0, 0.05) is 23.6 Å². The summed E-state index contributed by atoms with van der Waals surface area (Å²) in [6.07, 6.45) is 0. The summed E-state index contributed by atoms with van der Waals surface area (Å²) >= 11 is 1.45. The molecule has 7 nitrogen and oxygen atoms in total. The van der Waals surface area contributed by atoms with Crippen LogP contribution in [0.1, 0.15) is 37.5 Å². The Labute approximate surface area is 184 Å². The lowest BCUT2D eigenvalue weighted by Crippen LogP contribution is -2.23. The predicted octanol–water partition coefficient (Wildman–Crippen LogP) is 4.27. The molecule has 0 saturated carbocycles. The monoisotopic (exact) mass is 435 g/mol. The fourth-order valence-electron chi connectivity index (χ4n) is 3.27. The topological polar surface area (TPSA) is 74.8 Å². The number of hydrogen-bond donors (Lipinski definition) is 0. The lowest BCUT2D eigenvalue weighted by Gasteiger charge is -2.18. The van der Waals surface area contributed by atoms with Crippen molar-refractivity contribution in [1.82, 2.24) is 24.8 Å². The summed E-state index contributed by atoms with van der Waals surface area (Å²) in [5.41, 5.74) is 5.58. The Kier molecular flexibility index (Phi) is 5.49. The van der Waals surface area contributed by atoms with Gasteiger partial charge in [0.2, 0.25) is 0 Å². The van der Waals surface area contributed by atoms with Crippen LogP contribution in [0.4, 0.5) is 0 Å². The Hall–Kier alpha value is -3.26. The van der Waals surface area contributed by atoms with E-state index in [1.54, 1.807) is 7.05 Å². The first-order chi connectivity index (χ1) is 14.7. The van der Waals surface area contributed by atoms with Crippen molar-refractivity contribution in [1.29, 1.82) is 0 Å². The molecule has 0 bridgehead atoms. The van der Waals surface area contributed by atoms with E-state index in [0.717, 1.165) is 22.4 Å². The number of rotatable bonds is 5. The Balaban J connectivity index is 1.55. The molecule has 0 amide bonds. The number of aryl methyl sites for hydroxylation is 2. The van der Waals surface area contributed by atoms with Crippen molar-refractivity contribution in [2.45, 2.75) is 39.7 Å². The standard InChI is InChI=1S/C23H25N5O2S/c1-15-7-6-8-20(28-22(29)27(5)25-26-28)18(15)13-30-21-24-19(14-31-21)16-9-11-17(12-10-16)23(2,3)4/h6-12,14H,13H2,1-5H3. The van der Waals surface area contributed by atoms with Gasteiger partial charge in [-0.05, 0) is 40.0 Å². The number of nitrogens with zero attached hydrogens (tertiary/aromatic N) is 5. The molecule has 0 unspecified atom stereocenters. The molecule has 0 N–H and O–H groups in total. The molecule has 2 aromatic carbocycles. The fraction of sp³-hybridized carbons (Fsp3) is 0.304. The third-order valence-corrected chi connectivity index (χ3v) is 5.96. The zero-order valence-corrected chi connectivity index (χ0v) is 19.1. The van der Waals surface area contributed by atoms with E-state index in [1.807, 2.05) is 30.5 Å². The Bertz CT molecular complexity index is 1260. The van der Waals surface area contributed by atoms with Gasteiger partial charge in [-0.3, -0.25) is 0 Å². The van der Waals surface area contributed by atoms with Crippen molar-refractivity contribution >= 4 is 11.3 Å². The van der Waals surface area contributed by atoms with E-state index in [9.17, 15) is 4.79 Å². The zero-order valence-electron chi connectivity index (χ0n) is 18.3. The van der Waals surface area contributed by atoms with Crippen LogP contribution in [0.5, 0.6) is 5.19 Å². The summed E-state index contributed by atoms with van der Waals surface area (Å²) in [5.74, 6) is 0. The van der Waals surface area contributed by atoms with Crippen LogP contribution in [0.25, 0.3) is 16.9 Å². The number of thiazole rings is 1. The Morgan fingerprint density at radius 1 is 1.06 bits per heavy atom. The summed E-state index contributed by atoms with van der Waals surface area (Å²) in [5, 5.41) is 10.3. The molecule has 0 aliphatic carbocycles. The average molecular weight is 436 g/mol. The number of ether oxygens (including phenoxy) is 1. The van der Waals surface area contributed by atoms with Crippen LogP contribution in [0.3, 0.4) is 0 Å². The SMILES string of the molecule is Cc1cccc(-n2nnn(C)c2=O)c1COc1nc(-c2ccc(C(C)(C)C)cc2)cs1. The first-order valence-corrected chi connectivity index (χ1v) is 10.9. The van der Waals surface area contributed by atoms with Gasteiger partial charge in [-0.15, -0.1) is 0 Å². The van der Waals surface area contributed by atoms with Crippen LogP contribution >= 0.6 is 11.3 Å². The van der Waals surface area contributed by atoms with Gasteiger partial charge in [-0.2, -0.15) is 9.36 Å². The van der Waals surface area contributed by atoms with Crippen molar-refractivity contribution in [3.63, 3.8) is 0 Å². The van der Waals surface area contributed by atoms with Crippen molar-refractivity contribution in [2.24, 2.45) is 7.05 Å². The van der Waals surface area contributed by atoms with Gasteiger partial charge in [0.25, 0.3) is 5.19 Å². The highest BCUT2D eigenvalue weighted by molar-refractivity contribution is 7.11. The number of tetrazole rings is 1. The van der Waals surface area contributed by atoms with Crippen molar-refractivity contribution in [3.8, 4) is 22.1 Å². The lowest BCUT2D eigenvalue weighted by atomic mass is 9.86. The molecule has 2 aromatic heterocycles. The second-order valence-electron chi connectivity index (χ2n) is 8.48. The highest BCUT2D eigenvalue weighted by atomic mass is 32.1. The van der Waals surface area contributed by atoms with Crippen LogP contribution < -0.4 is 10.4 Å². The van der Waals surface area contributed by atoms with E-state index in [0.29, 0.717) is 10.9 Å². The molecule has 0 aliphatic rings. The first kappa shape index (κ1) is 21.0. The van der Waals surface area contributed by atoms with Gasteiger partial charge in [0.05, 0.1) is 11.4 Å². The van der Waals surface area contributed by atoms with Crippen LogP contribution in [-0.2, 0) is 19.1 Å². The van der Waals surface area contributed by atoms with Gasteiger partial charge >= 0.3 is 5.69 Å². The molecule has 2 heterocycles. The Morgan fingerprint density at radius 3 is 2.45 bits per heavy atom. The molecule has 0 radical (unpaired) electrons. The zero-order chi connectivity index (χ0) is 22.2. The maximum Gasteiger partial charge on any atom is 0.368 e. The second-order valence-corrected chi connectivity index (χ2v) is 9.30. The number of benzene rings is 2. The normalized spacial score (nSPS) is 11.6. The second kappa shape index (κ2) is 8.11. The summed E-state index contributed by atoms with van der Waals surface area (Å²) < 4.78 is 8.49. The lowest BCUT2D eigenvalue weighted by molar-refractivity contribution is 0.303. The maximum absolute atomic E-state index is 12.3. The largest absolute Gasteiger partial charge is 0.465 e. The van der Waals surface area contributed by atoms with Crippen molar-refractivity contribution < 1.29 is 4.74 Å².